The van der Waals surface area contributed by atoms with Gasteiger partial charge in [0.1, 0.15) is 17.2 Å². The van der Waals surface area contributed by atoms with Gasteiger partial charge in [0, 0.05) is 86.8 Å². The molecule has 6 aromatic rings. The van der Waals surface area contributed by atoms with Crippen LogP contribution in [0.1, 0.15) is 150 Å². The zero-order valence-electron chi connectivity index (χ0n) is 55.4. The number of piperidine rings is 3. The second kappa shape index (κ2) is 32.2. The molecule has 6 aliphatic rings. The number of benzene rings is 6. The van der Waals surface area contributed by atoms with Gasteiger partial charge in [-0.1, -0.05) is 90.5 Å². The molecule has 0 spiro atoms. The Morgan fingerprint density at radius 3 is 0.938 bits per heavy atom. The van der Waals surface area contributed by atoms with Crippen LogP contribution in [0.3, 0.4) is 0 Å². The number of hydrogen-bond acceptors (Lipinski definition) is 8. The number of aliphatic hydroxyl groups is 2. The quantitative estimate of drug-likeness (QED) is 0.0732. The average Bonchev–Trinajstić information content (AvgIpc) is 0.780. The minimum absolute atomic E-state index is 0.203. The van der Waals surface area contributed by atoms with Crippen LogP contribution < -0.4 is 14.2 Å². The lowest BCUT2D eigenvalue weighted by Crippen LogP contribution is -2.55. The lowest BCUT2D eigenvalue weighted by Gasteiger charge is -2.49. The molecule has 6 aromatic carbocycles. The number of alkyl halides is 9. The molecule has 528 valence electrons. The first-order chi connectivity index (χ1) is 46.1. The van der Waals surface area contributed by atoms with E-state index in [4.69, 9.17) is 49.0 Å². The van der Waals surface area contributed by atoms with E-state index < -0.39 is 47.4 Å². The Hall–Kier alpha value is -5.24. The van der Waals surface area contributed by atoms with Crippen molar-refractivity contribution in [2.75, 3.05) is 59.1 Å². The molecule has 3 saturated heterocycles. The van der Waals surface area contributed by atoms with Crippen molar-refractivity contribution in [3.05, 3.63) is 194 Å². The van der Waals surface area contributed by atoms with Crippen molar-refractivity contribution in [2.45, 2.75) is 182 Å². The van der Waals surface area contributed by atoms with Gasteiger partial charge < -0.3 is 24.4 Å². The van der Waals surface area contributed by atoms with Gasteiger partial charge >= 0.3 is 18.5 Å². The Morgan fingerprint density at radius 1 is 0.392 bits per heavy atom. The van der Waals surface area contributed by atoms with Gasteiger partial charge in [0.25, 0.3) is 0 Å². The SMILES string of the molecule is CC1C(COc2ccc(C(F)(F)F)cc2)CCCN1CC(O)C1(c2ccc(Cl)cc2)CCC1.CC1C(COc2ccc(C(F)(F)F)cc2)CCCN1CC1(c2ccc(Cl)cc2)CCC1.C[C@@H]1[C@H](COc2ccc(C(F)(F)F)cc2)CCCN1CC(O)C1(c2ccc(Cl)cc2)CCC1. The average molecular weight is 1420 g/mol. The number of ether oxygens (including phenoxy) is 3. The van der Waals surface area contributed by atoms with Crippen molar-refractivity contribution in [1.29, 1.82) is 0 Å². The molecule has 8 nitrogen and oxygen atoms in total. The molecule has 0 amide bonds. The number of halogens is 12. The van der Waals surface area contributed by atoms with Crippen LogP contribution in [0.25, 0.3) is 0 Å². The van der Waals surface area contributed by atoms with E-state index >= 15 is 0 Å². The molecule has 12 rings (SSSR count). The predicted molar refractivity (Wildman–Crippen MR) is 365 cm³/mol. The Morgan fingerprint density at radius 2 is 0.670 bits per heavy atom. The Kier molecular flexibility index (Phi) is 24.7. The predicted octanol–water partition coefficient (Wildman–Crippen LogP) is 19.6. The zero-order chi connectivity index (χ0) is 69.3. The highest BCUT2D eigenvalue weighted by Crippen LogP contribution is 2.50. The van der Waals surface area contributed by atoms with Crippen LogP contribution in [-0.2, 0) is 34.8 Å². The summed E-state index contributed by atoms with van der Waals surface area (Å²) in [5.74, 6) is 2.25. The van der Waals surface area contributed by atoms with Gasteiger partial charge in [0.2, 0.25) is 0 Å². The normalized spacial score (nSPS) is 24.1. The topological polar surface area (TPSA) is 77.9 Å². The highest BCUT2D eigenvalue weighted by molar-refractivity contribution is 6.31. The summed E-state index contributed by atoms with van der Waals surface area (Å²) in [6.45, 7) is 13.1. The number of hydrogen-bond donors (Lipinski definition) is 2. The van der Waals surface area contributed by atoms with Crippen molar-refractivity contribution < 1.29 is 63.9 Å². The monoisotopic (exact) mass is 1410 g/mol. The zero-order valence-corrected chi connectivity index (χ0v) is 57.7. The van der Waals surface area contributed by atoms with Crippen molar-refractivity contribution in [2.24, 2.45) is 17.8 Å². The van der Waals surface area contributed by atoms with E-state index in [0.717, 1.165) is 156 Å². The van der Waals surface area contributed by atoms with Crippen LogP contribution in [0.4, 0.5) is 39.5 Å². The number of aliphatic hydroxyl groups excluding tert-OH is 2. The van der Waals surface area contributed by atoms with Crippen molar-refractivity contribution >= 4 is 34.8 Å². The fourth-order valence-electron chi connectivity index (χ4n) is 15.6. The van der Waals surface area contributed by atoms with E-state index in [9.17, 15) is 49.7 Å². The second-order valence-corrected chi connectivity index (χ2v) is 29.4. The molecule has 3 heterocycles. The summed E-state index contributed by atoms with van der Waals surface area (Å²) in [5.41, 5.74) is 1.45. The van der Waals surface area contributed by atoms with Crippen LogP contribution in [0.15, 0.2) is 146 Å². The molecule has 20 heteroatoms. The van der Waals surface area contributed by atoms with Gasteiger partial charge in [0.15, 0.2) is 0 Å². The molecule has 0 aromatic heterocycles. The maximum atomic E-state index is 12.8. The van der Waals surface area contributed by atoms with E-state index in [-0.39, 0.29) is 40.2 Å². The van der Waals surface area contributed by atoms with Gasteiger partial charge in [0.05, 0.1) is 48.7 Å². The summed E-state index contributed by atoms with van der Waals surface area (Å²) in [5, 5.41) is 24.8. The number of β-amino-alcohol motifs (C(OH)–C–C–N with tert-alkyl or cyclic N) is 2. The van der Waals surface area contributed by atoms with E-state index in [2.05, 4.69) is 47.6 Å². The summed E-state index contributed by atoms with van der Waals surface area (Å²) in [7, 11) is 0. The first-order valence-corrected chi connectivity index (χ1v) is 35.5. The van der Waals surface area contributed by atoms with Crippen LogP contribution >= 0.6 is 34.8 Å². The third kappa shape index (κ3) is 18.5. The first-order valence-electron chi connectivity index (χ1n) is 34.4. The van der Waals surface area contributed by atoms with Crippen molar-refractivity contribution in [1.82, 2.24) is 14.7 Å². The van der Waals surface area contributed by atoms with Gasteiger partial charge in [-0.15, -0.1) is 0 Å². The van der Waals surface area contributed by atoms with E-state index in [0.29, 0.717) is 72.2 Å². The van der Waals surface area contributed by atoms with E-state index in [1.54, 1.807) is 0 Å². The highest BCUT2D eigenvalue weighted by Gasteiger charge is 2.49. The number of nitrogens with zero attached hydrogens (tertiary/aromatic N) is 3. The fraction of sp³-hybridized carbons (Fsp3) is 0.532. The van der Waals surface area contributed by atoms with Gasteiger partial charge in [-0.05, 0) is 243 Å². The molecule has 3 saturated carbocycles. The molecular formula is C77H91Cl3F9N3O5. The largest absolute Gasteiger partial charge is 0.493 e. The molecule has 0 radical (unpaired) electrons. The standard InChI is InChI=1S/2C26H31ClF3NO2.C25H29ClF3NO/c2*1-18-19(17-33-23-11-7-21(8-12-23)26(28,29)30)4-2-15-31(18)16-24(32)25(13-3-14-25)20-5-9-22(27)10-6-20;1-18-19(16-31-23-11-7-21(8-12-23)25(27,28)29)4-2-15-30(18)17-24(13-3-14-24)20-5-9-22(26)10-6-20/h2*5-12,18-19,24,32H,2-4,13-17H2,1H3;5-12,18-19H,2-4,13-17H2,1H3/t18-,19+,24?;;/m1../s1. The highest BCUT2D eigenvalue weighted by atomic mass is 35.5. The maximum Gasteiger partial charge on any atom is 0.416 e. The molecule has 6 fully saturated rings. The van der Waals surface area contributed by atoms with Crippen LogP contribution in [0, 0.1) is 17.8 Å². The molecule has 3 aliphatic heterocycles. The smallest absolute Gasteiger partial charge is 0.416 e. The lowest BCUT2D eigenvalue weighted by molar-refractivity contribution is -0.138. The van der Waals surface area contributed by atoms with Gasteiger partial charge in [-0.25, -0.2) is 0 Å². The molecule has 2 N–H and O–H groups in total. The van der Waals surface area contributed by atoms with Crippen LogP contribution in [0.2, 0.25) is 15.1 Å². The first kappa shape index (κ1) is 74.5. The minimum atomic E-state index is -4.35. The van der Waals surface area contributed by atoms with Crippen LogP contribution in [0.5, 0.6) is 17.2 Å². The molecule has 6 unspecified atom stereocenters. The van der Waals surface area contributed by atoms with Crippen molar-refractivity contribution in [3.63, 3.8) is 0 Å². The summed E-state index contributed by atoms with van der Waals surface area (Å²) in [6, 6.07) is 39.5. The Labute approximate surface area is 580 Å². The molecule has 97 heavy (non-hydrogen) atoms. The Bertz CT molecular complexity index is 3250. The van der Waals surface area contributed by atoms with Crippen molar-refractivity contribution in [3.8, 4) is 17.2 Å². The summed E-state index contributed by atoms with van der Waals surface area (Å²) >= 11 is 18.2. The maximum absolute atomic E-state index is 12.8. The second-order valence-electron chi connectivity index (χ2n) is 28.1. The van der Waals surface area contributed by atoms with Crippen LogP contribution in [-0.4, -0.2) is 114 Å². The molecule has 3 aliphatic carbocycles. The molecule has 0 bridgehead atoms. The fourth-order valence-corrected chi connectivity index (χ4v) is 15.9. The third-order valence-corrected chi connectivity index (χ3v) is 23.2. The third-order valence-electron chi connectivity index (χ3n) is 22.5. The molecular weight excluding hydrogens is 1320 g/mol. The van der Waals surface area contributed by atoms with Gasteiger partial charge in [-0.2, -0.15) is 39.5 Å². The summed E-state index contributed by atoms with van der Waals surface area (Å²) in [6.07, 6.45) is 2.00. The molecule has 8 atom stereocenters. The summed E-state index contributed by atoms with van der Waals surface area (Å²) in [4.78, 5) is 7.26. The number of likely N-dealkylation sites (tertiary alicyclic amines) is 3. The van der Waals surface area contributed by atoms with Gasteiger partial charge in [-0.3, -0.25) is 14.7 Å². The number of rotatable bonds is 20. The van der Waals surface area contributed by atoms with E-state index in [1.807, 2.05) is 60.7 Å². The lowest BCUT2D eigenvalue weighted by atomic mass is 9.61. The summed E-state index contributed by atoms with van der Waals surface area (Å²) < 4.78 is 132. The van der Waals surface area contributed by atoms with E-state index in [1.165, 1.54) is 61.2 Å². The minimum Gasteiger partial charge on any atom is -0.493 e. The Balaban J connectivity index is 0.000000158.